The van der Waals surface area contributed by atoms with E-state index in [2.05, 4.69) is 20.5 Å². The second-order valence-electron chi connectivity index (χ2n) is 7.20. The number of rotatable bonds is 8. The number of hydrogen-bond acceptors (Lipinski definition) is 7. The third kappa shape index (κ3) is 5.47. The zero-order chi connectivity index (χ0) is 23.8. The summed E-state index contributed by atoms with van der Waals surface area (Å²) in [6.07, 6.45) is 1.59. The fraction of sp³-hybridized carbons (Fsp3) is 0.0769. The van der Waals surface area contributed by atoms with Crippen molar-refractivity contribution >= 4 is 12.2 Å². The standard InChI is InChI=1S/C26H21N5O3/c1-33-22-9-5-6-19(14-22)17-34-21-12-10-18(11-13-21)16-28-31-26-29-24(20-7-3-2-4-8-20)23(15-27)25(32)30-26/h2-14,16H,17H2,1H3,(H2,29,30,31,32). The Hall–Kier alpha value is -4.90. The number of hydrazone groups is 1. The molecule has 0 fully saturated rings. The third-order valence-electron chi connectivity index (χ3n) is 4.88. The molecule has 0 amide bonds. The van der Waals surface area contributed by atoms with Gasteiger partial charge in [-0.05, 0) is 47.5 Å². The number of methoxy groups -OCH3 is 1. The number of anilines is 1. The molecule has 3 aromatic carbocycles. The van der Waals surface area contributed by atoms with Gasteiger partial charge in [-0.3, -0.25) is 9.78 Å². The van der Waals surface area contributed by atoms with Crippen molar-refractivity contribution in [2.24, 2.45) is 5.10 Å². The van der Waals surface area contributed by atoms with Crippen LogP contribution < -0.4 is 20.5 Å². The van der Waals surface area contributed by atoms with E-state index in [0.29, 0.717) is 17.9 Å². The van der Waals surface area contributed by atoms with Crippen LogP contribution in [-0.2, 0) is 6.61 Å². The van der Waals surface area contributed by atoms with Crippen LogP contribution >= 0.6 is 0 Å². The first-order chi connectivity index (χ1) is 16.7. The summed E-state index contributed by atoms with van der Waals surface area (Å²) < 4.78 is 11.0. The summed E-state index contributed by atoms with van der Waals surface area (Å²) in [4.78, 5) is 19.2. The van der Waals surface area contributed by atoms with Crippen molar-refractivity contribution in [3.8, 4) is 28.8 Å². The summed E-state index contributed by atoms with van der Waals surface area (Å²) in [6, 6.07) is 26.1. The number of aromatic nitrogens is 2. The number of ether oxygens (including phenoxy) is 2. The van der Waals surface area contributed by atoms with Crippen LogP contribution in [0, 0.1) is 11.3 Å². The van der Waals surface area contributed by atoms with Gasteiger partial charge < -0.3 is 9.47 Å². The number of H-pyrrole nitrogens is 1. The maximum absolute atomic E-state index is 12.3. The fourth-order valence-electron chi connectivity index (χ4n) is 3.18. The molecule has 0 atom stereocenters. The molecular weight excluding hydrogens is 430 g/mol. The van der Waals surface area contributed by atoms with Crippen molar-refractivity contribution in [3.05, 3.63) is 106 Å². The smallest absolute Gasteiger partial charge is 0.270 e. The lowest BCUT2D eigenvalue weighted by Gasteiger charge is -2.08. The van der Waals surface area contributed by atoms with Crippen LogP contribution in [0.1, 0.15) is 16.7 Å². The van der Waals surface area contributed by atoms with Gasteiger partial charge in [0.1, 0.15) is 29.7 Å². The van der Waals surface area contributed by atoms with Gasteiger partial charge in [0.25, 0.3) is 5.56 Å². The number of hydrogen-bond donors (Lipinski definition) is 2. The number of benzene rings is 3. The van der Waals surface area contributed by atoms with Crippen molar-refractivity contribution in [3.63, 3.8) is 0 Å². The average molecular weight is 451 g/mol. The predicted octanol–water partition coefficient (Wildman–Crippen LogP) is 4.34. The molecule has 34 heavy (non-hydrogen) atoms. The zero-order valence-electron chi connectivity index (χ0n) is 18.4. The number of aromatic amines is 1. The van der Waals surface area contributed by atoms with Gasteiger partial charge in [-0.1, -0.05) is 42.5 Å². The summed E-state index contributed by atoms with van der Waals surface area (Å²) in [7, 11) is 1.63. The monoisotopic (exact) mass is 451 g/mol. The van der Waals surface area contributed by atoms with Gasteiger partial charge in [0.05, 0.1) is 19.0 Å². The molecule has 1 aromatic heterocycles. The van der Waals surface area contributed by atoms with E-state index in [1.54, 1.807) is 25.5 Å². The predicted molar refractivity (Wildman–Crippen MR) is 130 cm³/mol. The fourth-order valence-corrected chi connectivity index (χ4v) is 3.18. The maximum Gasteiger partial charge on any atom is 0.270 e. The lowest BCUT2D eigenvalue weighted by Crippen LogP contribution is -2.16. The van der Waals surface area contributed by atoms with E-state index in [-0.39, 0.29) is 11.5 Å². The molecule has 0 bridgehead atoms. The molecule has 0 unspecified atom stereocenters. The highest BCUT2D eigenvalue weighted by Crippen LogP contribution is 2.20. The van der Waals surface area contributed by atoms with Crippen LogP contribution in [0.5, 0.6) is 11.5 Å². The Kier molecular flexibility index (Phi) is 6.96. The van der Waals surface area contributed by atoms with E-state index >= 15 is 0 Å². The summed E-state index contributed by atoms with van der Waals surface area (Å²) >= 11 is 0. The molecule has 0 aliphatic heterocycles. The molecule has 1 heterocycles. The minimum atomic E-state index is -0.536. The van der Waals surface area contributed by atoms with Crippen LogP contribution in [0.3, 0.4) is 0 Å². The third-order valence-corrected chi connectivity index (χ3v) is 4.88. The van der Waals surface area contributed by atoms with Crippen LogP contribution in [-0.4, -0.2) is 23.3 Å². The van der Waals surface area contributed by atoms with Gasteiger partial charge in [-0.2, -0.15) is 10.4 Å². The van der Waals surface area contributed by atoms with Crippen molar-refractivity contribution in [2.75, 3.05) is 12.5 Å². The molecule has 0 spiro atoms. The van der Waals surface area contributed by atoms with E-state index in [1.807, 2.05) is 72.8 Å². The van der Waals surface area contributed by atoms with Crippen molar-refractivity contribution in [1.82, 2.24) is 9.97 Å². The van der Waals surface area contributed by atoms with E-state index in [0.717, 1.165) is 22.6 Å². The molecule has 0 aliphatic rings. The molecule has 0 saturated heterocycles. The quantitative estimate of drug-likeness (QED) is 0.304. The second-order valence-corrected chi connectivity index (χ2v) is 7.20. The van der Waals surface area contributed by atoms with Crippen LogP contribution in [0.15, 0.2) is 88.8 Å². The highest BCUT2D eigenvalue weighted by molar-refractivity contribution is 5.80. The van der Waals surface area contributed by atoms with Gasteiger partial charge >= 0.3 is 0 Å². The average Bonchev–Trinajstić information content (AvgIpc) is 2.88. The molecule has 168 valence electrons. The van der Waals surface area contributed by atoms with Crippen molar-refractivity contribution in [1.29, 1.82) is 5.26 Å². The molecule has 2 N–H and O–H groups in total. The van der Waals surface area contributed by atoms with Crippen molar-refractivity contribution in [2.45, 2.75) is 6.61 Å². The maximum atomic E-state index is 12.3. The molecule has 4 aromatic rings. The van der Waals surface area contributed by atoms with Gasteiger partial charge in [0, 0.05) is 5.56 Å². The molecule has 0 aliphatic carbocycles. The number of nitriles is 1. The van der Waals surface area contributed by atoms with E-state index < -0.39 is 5.56 Å². The Labute approximate surface area is 196 Å². The molecule has 4 rings (SSSR count). The van der Waals surface area contributed by atoms with Crippen LogP contribution in [0.2, 0.25) is 0 Å². The Balaban J connectivity index is 1.41. The Morgan fingerprint density at radius 3 is 2.59 bits per heavy atom. The Bertz CT molecular complexity index is 1390. The SMILES string of the molecule is COc1cccc(COc2ccc(C=NNc3nc(-c4ccccc4)c(C#N)c(=O)[nH]3)cc2)c1. The topological polar surface area (TPSA) is 112 Å². The first-order valence-corrected chi connectivity index (χ1v) is 10.4. The Morgan fingerprint density at radius 2 is 1.85 bits per heavy atom. The van der Waals surface area contributed by atoms with Crippen LogP contribution in [0.4, 0.5) is 5.95 Å². The first-order valence-electron chi connectivity index (χ1n) is 10.4. The largest absolute Gasteiger partial charge is 0.497 e. The van der Waals surface area contributed by atoms with E-state index in [9.17, 15) is 10.1 Å². The van der Waals surface area contributed by atoms with E-state index in [1.165, 1.54) is 0 Å². The lowest BCUT2D eigenvalue weighted by molar-refractivity contribution is 0.305. The zero-order valence-corrected chi connectivity index (χ0v) is 18.4. The molecule has 0 radical (unpaired) electrons. The summed E-state index contributed by atoms with van der Waals surface area (Å²) in [5.74, 6) is 1.64. The van der Waals surface area contributed by atoms with Crippen molar-refractivity contribution < 1.29 is 9.47 Å². The molecular formula is C26H21N5O3. The first kappa shape index (κ1) is 22.3. The highest BCUT2D eigenvalue weighted by atomic mass is 16.5. The van der Waals surface area contributed by atoms with Gasteiger partial charge in [-0.15, -0.1) is 0 Å². The summed E-state index contributed by atoms with van der Waals surface area (Å²) in [5, 5.41) is 13.5. The number of nitrogens with one attached hydrogen (secondary N) is 2. The normalized spacial score (nSPS) is 10.6. The van der Waals surface area contributed by atoms with Gasteiger partial charge in [0.15, 0.2) is 0 Å². The summed E-state index contributed by atoms with van der Waals surface area (Å²) in [6.45, 7) is 0.424. The van der Waals surface area contributed by atoms with Crippen LogP contribution in [0.25, 0.3) is 11.3 Å². The van der Waals surface area contributed by atoms with E-state index in [4.69, 9.17) is 9.47 Å². The summed E-state index contributed by atoms with van der Waals surface area (Å²) in [5.41, 5.74) is 4.92. The molecule has 8 heteroatoms. The van der Waals surface area contributed by atoms with Gasteiger partial charge in [0.2, 0.25) is 5.95 Å². The minimum Gasteiger partial charge on any atom is -0.497 e. The highest BCUT2D eigenvalue weighted by Gasteiger charge is 2.12. The molecule has 0 saturated carbocycles. The second kappa shape index (κ2) is 10.6. The number of nitrogens with zero attached hydrogens (tertiary/aromatic N) is 3. The minimum absolute atomic E-state index is 0.0507. The molecule has 8 nitrogen and oxygen atoms in total. The lowest BCUT2D eigenvalue weighted by atomic mass is 10.1. The van der Waals surface area contributed by atoms with Gasteiger partial charge in [-0.25, -0.2) is 10.4 Å². The Morgan fingerprint density at radius 1 is 1.06 bits per heavy atom.